The van der Waals surface area contributed by atoms with Crippen molar-refractivity contribution < 1.29 is 18.0 Å². The highest BCUT2D eigenvalue weighted by Crippen LogP contribution is 2.19. The first-order valence-corrected chi connectivity index (χ1v) is 9.17. The van der Waals surface area contributed by atoms with Gasteiger partial charge in [-0.05, 0) is 30.5 Å². The van der Waals surface area contributed by atoms with E-state index in [1.54, 1.807) is 29.2 Å². The molecule has 0 atom stereocenters. The van der Waals surface area contributed by atoms with E-state index in [0.717, 1.165) is 6.26 Å². The summed E-state index contributed by atoms with van der Waals surface area (Å²) < 4.78 is 22.7. The first-order chi connectivity index (χ1) is 10.3. The number of nitrogens with two attached hydrogens (primary N) is 1. The molecule has 0 radical (unpaired) electrons. The first kappa shape index (κ1) is 16.5. The summed E-state index contributed by atoms with van der Waals surface area (Å²) in [6, 6.07) is 6.67. The summed E-state index contributed by atoms with van der Waals surface area (Å²) in [5.74, 6) is -0.709. The molecule has 1 aromatic carbocycles. The Labute approximate surface area is 130 Å². The fraction of sp³-hybridized carbons (Fsp3) is 0.467. The monoisotopic (exact) mass is 324 g/mol. The lowest BCUT2D eigenvalue weighted by Gasteiger charge is -2.30. The van der Waals surface area contributed by atoms with Crippen LogP contribution in [0.2, 0.25) is 0 Å². The summed E-state index contributed by atoms with van der Waals surface area (Å²) in [6.45, 7) is 0.978. The van der Waals surface area contributed by atoms with Crippen molar-refractivity contribution in [3.8, 4) is 0 Å². The van der Waals surface area contributed by atoms with E-state index < -0.39 is 9.84 Å². The average molecular weight is 324 g/mol. The van der Waals surface area contributed by atoms with Crippen molar-refractivity contribution in [2.75, 3.05) is 19.3 Å². The molecule has 120 valence electrons. The molecule has 0 spiro atoms. The van der Waals surface area contributed by atoms with Crippen LogP contribution in [0.1, 0.15) is 28.8 Å². The number of rotatable bonds is 4. The Morgan fingerprint density at radius 1 is 1.27 bits per heavy atom. The predicted octanol–water partition coefficient (Wildman–Crippen LogP) is 0.569. The maximum Gasteiger partial charge on any atom is 0.253 e. The molecule has 1 aliphatic heterocycles. The van der Waals surface area contributed by atoms with Crippen molar-refractivity contribution in [1.29, 1.82) is 0 Å². The first-order valence-electron chi connectivity index (χ1n) is 7.11. The SMILES string of the molecule is CS(=O)(=O)Cc1cccc(C(=O)N2CCC(C(N)=O)CC2)c1. The van der Waals surface area contributed by atoms with Crippen LogP contribution in [0.15, 0.2) is 24.3 Å². The van der Waals surface area contributed by atoms with Gasteiger partial charge in [0.1, 0.15) is 0 Å². The Morgan fingerprint density at radius 2 is 1.91 bits per heavy atom. The molecule has 0 unspecified atom stereocenters. The number of amides is 2. The van der Waals surface area contributed by atoms with Crippen LogP contribution in [0.3, 0.4) is 0 Å². The Balaban J connectivity index is 2.07. The van der Waals surface area contributed by atoms with Crippen molar-refractivity contribution in [3.63, 3.8) is 0 Å². The summed E-state index contributed by atoms with van der Waals surface area (Å²) >= 11 is 0. The van der Waals surface area contributed by atoms with Crippen molar-refractivity contribution in [1.82, 2.24) is 4.90 Å². The molecule has 22 heavy (non-hydrogen) atoms. The molecule has 0 bridgehead atoms. The van der Waals surface area contributed by atoms with E-state index in [9.17, 15) is 18.0 Å². The fourth-order valence-electron chi connectivity index (χ4n) is 2.65. The lowest BCUT2D eigenvalue weighted by atomic mass is 9.96. The van der Waals surface area contributed by atoms with Gasteiger partial charge in [0.25, 0.3) is 5.91 Å². The largest absolute Gasteiger partial charge is 0.369 e. The van der Waals surface area contributed by atoms with Crippen LogP contribution in [0.4, 0.5) is 0 Å². The lowest BCUT2D eigenvalue weighted by molar-refractivity contribution is -0.123. The zero-order chi connectivity index (χ0) is 16.3. The van der Waals surface area contributed by atoms with Gasteiger partial charge in [0.15, 0.2) is 9.84 Å². The Morgan fingerprint density at radius 3 is 2.45 bits per heavy atom. The second-order valence-electron chi connectivity index (χ2n) is 5.74. The maximum atomic E-state index is 12.5. The standard InChI is InChI=1S/C15H20N2O4S/c1-22(20,21)10-11-3-2-4-13(9-11)15(19)17-7-5-12(6-8-17)14(16)18/h2-4,9,12H,5-8,10H2,1H3,(H2,16,18). The van der Waals surface area contributed by atoms with E-state index >= 15 is 0 Å². The fourth-order valence-corrected chi connectivity index (χ4v) is 3.43. The number of carbonyl (C=O) groups is 2. The summed E-state index contributed by atoms with van der Waals surface area (Å²) in [6.07, 6.45) is 2.31. The molecular formula is C15H20N2O4S. The molecule has 1 saturated heterocycles. The third-order valence-electron chi connectivity index (χ3n) is 3.79. The topological polar surface area (TPSA) is 97.5 Å². The Hall–Kier alpha value is -1.89. The lowest BCUT2D eigenvalue weighted by Crippen LogP contribution is -2.41. The van der Waals surface area contributed by atoms with Gasteiger partial charge in [-0.1, -0.05) is 12.1 Å². The second-order valence-corrected chi connectivity index (χ2v) is 7.88. The molecule has 0 aliphatic carbocycles. The quantitative estimate of drug-likeness (QED) is 0.875. The van der Waals surface area contributed by atoms with Gasteiger partial charge in [-0.2, -0.15) is 0 Å². The van der Waals surface area contributed by atoms with Crippen LogP contribution in [-0.2, 0) is 20.4 Å². The van der Waals surface area contributed by atoms with Gasteiger partial charge in [-0.15, -0.1) is 0 Å². The van der Waals surface area contributed by atoms with Crippen molar-refractivity contribution in [2.45, 2.75) is 18.6 Å². The van der Waals surface area contributed by atoms with Gasteiger partial charge >= 0.3 is 0 Å². The number of sulfone groups is 1. The second kappa shape index (κ2) is 6.48. The average Bonchev–Trinajstić information content (AvgIpc) is 2.45. The van der Waals surface area contributed by atoms with E-state index in [1.807, 2.05) is 0 Å². The highest BCUT2D eigenvalue weighted by molar-refractivity contribution is 7.89. The van der Waals surface area contributed by atoms with Gasteiger partial charge in [0.2, 0.25) is 5.91 Å². The molecular weight excluding hydrogens is 304 g/mol. The number of nitrogens with zero attached hydrogens (tertiary/aromatic N) is 1. The van der Waals surface area contributed by atoms with Crippen molar-refractivity contribution >= 4 is 21.7 Å². The smallest absolute Gasteiger partial charge is 0.253 e. The molecule has 2 amide bonds. The maximum absolute atomic E-state index is 12.5. The van der Waals surface area contributed by atoms with E-state index in [2.05, 4.69) is 0 Å². The number of hydrogen-bond donors (Lipinski definition) is 1. The molecule has 0 aromatic heterocycles. The third kappa shape index (κ3) is 4.30. The zero-order valence-corrected chi connectivity index (χ0v) is 13.3. The zero-order valence-electron chi connectivity index (χ0n) is 12.5. The molecule has 7 heteroatoms. The van der Waals surface area contributed by atoms with Gasteiger partial charge in [0.05, 0.1) is 5.75 Å². The van der Waals surface area contributed by atoms with Crippen molar-refractivity contribution in [3.05, 3.63) is 35.4 Å². The number of piperidine rings is 1. The van der Waals surface area contributed by atoms with Crippen LogP contribution in [0.25, 0.3) is 0 Å². The number of likely N-dealkylation sites (tertiary alicyclic amines) is 1. The van der Waals surface area contributed by atoms with Crippen LogP contribution in [-0.4, -0.2) is 44.5 Å². The highest BCUT2D eigenvalue weighted by Gasteiger charge is 2.26. The Kier molecular flexibility index (Phi) is 4.85. The summed E-state index contributed by atoms with van der Waals surface area (Å²) in [7, 11) is -3.14. The van der Waals surface area contributed by atoms with Crippen molar-refractivity contribution in [2.24, 2.45) is 11.7 Å². The third-order valence-corrected chi connectivity index (χ3v) is 4.65. The Bertz CT molecular complexity index is 677. The highest BCUT2D eigenvalue weighted by atomic mass is 32.2. The minimum atomic E-state index is -3.14. The van der Waals surface area contributed by atoms with Gasteiger partial charge in [-0.25, -0.2) is 8.42 Å². The molecule has 1 heterocycles. The van der Waals surface area contributed by atoms with E-state index in [-0.39, 0.29) is 23.5 Å². The van der Waals surface area contributed by atoms with E-state index in [0.29, 0.717) is 37.1 Å². The van der Waals surface area contributed by atoms with Gasteiger partial charge in [-0.3, -0.25) is 9.59 Å². The molecule has 2 rings (SSSR count). The molecule has 1 fully saturated rings. The van der Waals surface area contributed by atoms with E-state index in [1.165, 1.54) is 0 Å². The number of primary amides is 1. The minimum Gasteiger partial charge on any atom is -0.369 e. The normalized spacial score (nSPS) is 16.5. The predicted molar refractivity (Wildman–Crippen MR) is 82.8 cm³/mol. The molecule has 1 aliphatic rings. The number of carbonyl (C=O) groups excluding carboxylic acids is 2. The van der Waals surface area contributed by atoms with Crippen LogP contribution in [0.5, 0.6) is 0 Å². The molecule has 2 N–H and O–H groups in total. The van der Waals surface area contributed by atoms with Gasteiger partial charge in [0, 0.05) is 30.8 Å². The summed E-state index contributed by atoms with van der Waals surface area (Å²) in [4.78, 5) is 25.3. The molecule has 6 nitrogen and oxygen atoms in total. The number of benzene rings is 1. The van der Waals surface area contributed by atoms with Crippen LogP contribution < -0.4 is 5.73 Å². The summed E-state index contributed by atoms with van der Waals surface area (Å²) in [5, 5.41) is 0. The van der Waals surface area contributed by atoms with Gasteiger partial charge < -0.3 is 10.6 Å². The van der Waals surface area contributed by atoms with Crippen LogP contribution >= 0.6 is 0 Å². The van der Waals surface area contributed by atoms with E-state index in [4.69, 9.17) is 5.73 Å². The minimum absolute atomic E-state index is 0.0854. The number of hydrogen-bond acceptors (Lipinski definition) is 4. The summed E-state index contributed by atoms with van der Waals surface area (Å²) in [5.41, 5.74) is 6.35. The molecule has 1 aromatic rings. The molecule has 0 saturated carbocycles. The van der Waals surface area contributed by atoms with Crippen LogP contribution in [0, 0.1) is 5.92 Å².